The van der Waals surface area contributed by atoms with E-state index in [4.69, 9.17) is 0 Å². The zero-order chi connectivity index (χ0) is 19.1. The fourth-order valence-electron chi connectivity index (χ4n) is 3.55. The average Bonchev–Trinajstić information content (AvgIpc) is 2.97. The number of nitrogens with zero attached hydrogens (tertiary/aromatic N) is 1. The first-order chi connectivity index (χ1) is 13.0. The summed E-state index contributed by atoms with van der Waals surface area (Å²) in [6.07, 6.45) is 0.668. The summed E-state index contributed by atoms with van der Waals surface area (Å²) in [6.45, 7) is 4.39. The van der Waals surface area contributed by atoms with Crippen molar-refractivity contribution < 1.29 is 9.59 Å². The van der Waals surface area contributed by atoms with Crippen molar-refractivity contribution in [3.8, 4) is 0 Å². The van der Waals surface area contributed by atoms with E-state index in [9.17, 15) is 14.4 Å². The van der Waals surface area contributed by atoms with Crippen LogP contribution in [0.15, 0.2) is 41.2 Å². The quantitative estimate of drug-likeness (QED) is 0.666. The normalized spacial score (nSPS) is 13.5. The predicted octanol–water partition coefficient (Wildman–Crippen LogP) is 2.45. The van der Waals surface area contributed by atoms with E-state index in [0.717, 1.165) is 5.56 Å². The van der Waals surface area contributed by atoms with Crippen LogP contribution in [0, 0.1) is 0 Å². The standard InChI is InChI=1S/C20H20N4O3/c1-11(2)24-17-10-12(6-7-16(17)23-20(24)27)18(25)22-15-5-3-4-14-13(15)8-9-21-19(14)26/h3-7,10-11H,8-9H2,1-2H3,(H,21,26)(H,22,25)(H,23,27). The number of rotatable bonds is 3. The van der Waals surface area contributed by atoms with E-state index in [1.807, 2.05) is 13.8 Å². The first-order valence-electron chi connectivity index (χ1n) is 8.91. The molecule has 0 saturated carbocycles. The van der Waals surface area contributed by atoms with Gasteiger partial charge < -0.3 is 15.6 Å². The summed E-state index contributed by atoms with van der Waals surface area (Å²) >= 11 is 0. The Morgan fingerprint density at radius 2 is 2.00 bits per heavy atom. The minimum Gasteiger partial charge on any atom is -0.352 e. The van der Waals surface area contributed by atoms with E-state index in [2.05, 4.69) is 15.6 Å². The molecular formula is C20H20N4O3. The molecule has 2 heterocycles. The molecule has 2 aromatic carbocycles. The highest BCUT2D eigenvalue weighted by atomic mass is 16.2. The second-order valence-electron chi connectivity index (χ2n) is 6.92. The molecule has 0 bridgehead atoms. The van der Waals surface area contributed by atoms with Gasteiger partial charge in [-0.2, -0.15) is 0 Å². The Balaban J connectivity index is 1.70. The van der Waals surface area contributed by atoms with Crippen molar-refractivity contribution in [2.24, 2.45) is 0 Å². The van der Waals surface area contributed by atoms with Crippen LogP contribution in [0.2, 0.25) is 0 Å². The Kier molecular flexibility index (Phi) is 4.07. The third-order valence-electron chi connectivity index (χ3n) is 4.83. The lowest BCUT2D eigenvalue weighted by atomic mass is 9.98. The summed E-state index contributed by atoms with van der Waals surface area (Å²) in [7, 11) is 0. The lowest BCUT2D eigenvalue weighted by Gasteiger charge is -2.20. The molecule has 0 spiro atoms. The van der Waals surface area contributed by atoms with Crippen LogP contribution >= 0.6 is 0 Å². The molecule has 3 N–H and O–H groups in total. The van der Waals surface area contributed by atoms with E-state index in [-0.39, 0.29) is 23.5 Å². The highest BCUT2D eigenvalue weighted by molar-refractivity contribution is 6.07. The van der Waals surface area contributed by atoms with Crippen molar-refractivity contribution in [2.45, 2.75) is 26.3 Å². The van der Waals surface area contributed by atoms with Gasteiger partial charge >= 0.3 is 5.69 Å². The number of carbonyl (C=O) groups excluding carboxylic acids is 2. The summed E-state index contributed by atoms with van der Waals surface area (Å²) < 4.78 is 1.63. The number of fused-ring (bicyclic) bond motifs is 2. The van der Waals surface area contributed by atoms with Crippen LogP contribution < -0.4 is 16.3 Å². The molecule has 1 aromatic heterocycles. The third kappa shape index (κ3) is 2.91. The Hall–Kier alpha value is -3.35. The molecule has 0 aliphatic carbocycles. The van der Waals surface area contributed by atoms with Crippen LogP contribution in [0.4, 0.5) is 5.69 Å². The number of amides is 2. The van der Waals surface area contributed by atoms with E-state index >= 15 is 0 Å². The molecule has 138 valence electrons. The summed E-state index contributed by atoms with van der Waals surface area (Å²) in [5.41, 5.74) is 3.72. The number of nitrogens with one attached hydrogen (secondary N) is 3. The monoisotopic (exact) mass is 364 g/mol. The Morgan fingerprint density at radius 3 is 2.78 bits per heavy atom. The zero-order valence-electron chi connectivity index (χ0n) is 15.1. The average molecular weight is 364 g/mol. The highest BCUT2D eigenvalue weighted by Gasteiger charge is 2.20. The van der Waals surface area contributed by atoms with Gasteiger partial charge in [-0.05, 0) is 56.2 Å². The van der Waals surface area contributed by atoms with Crippen LogP contribution in [-0.2, 0) is 6.42 Å². The topological polar surface area (TPSA) is 96.0 Å². The molecule has 4 rings (SSSR count). The maximum atomic E-state index is 12.8. The molecule has 0 fully saturated rings. The lowest BCUT2D eigenvalue weighted by Crippen LogP contribution is -2.32. The zero-order valence-corrected chi connectivity index (χ0v) is 15.1. The molecule has 0 unspecified atom stereocenters. The summed E-state index contributed by atoms with van der Waals surface area (Å²) in [6, 6.07) is 10.4. The van der Waals surface area contributed by atoms with E-state index in [1.54, 1.807) is 41.0 Å². The number of imidazole rings is 1. The number of H-pyrrole nitrogens is 1. The fourth-order valence-corrected chi connectivity index (χ4v) is 3.55. The number of aromatic nitrogens is 2. The van der Waals surface area contributed by atoms with Gasteiger partial charge in [0.1, 0.15) is 0 Å². The molecule has 1 aliphatic rings. The number of carbonyl (C=O) groups is 2. The number of aromatic amines is 1. The molecule has 0 radical (unpaired) electrons. The van der Waals surface area contributed by atoms with Crippen LogP contribution in [0.5, 0.6) is 0 Å². The first kappa shape index (κ1) is 17.1. The maximum absolute atomic E-state index is 12.8. The van der Waals surface area contributed by atoms with Crippen LogP contribution in [0.25, 0.3) is 11.0 Å². The summed E-state index contributed by atoms with van der Waals surface area (Å²) in [4.78, 5) is 39.7. The van der Waals surface area contributed by atoms with Gasteiger partial charge in [0.2, 0.25) is 0 Å². The fraction of sp³-hybridized carbons (Fsp3) is 0.250. The van der Waals surface area contributed by atoms with Crippen LogP contribution in [0.3, 0.4) is 0 Å². The van der Waals surface area contributed by atoms with Gasteiger partial charge in [0, 0.05) is 29.4 Å². The SMILES string of the molecule is CC(C)n1c(=O)[nH]c2ccc(C(=O)Nc3cccc4c3CCNC4=O)cc21. The van der Waals surface area contributed by atoms with E-state index in [0.29, 0.717) is 40.8 Å². The minimum absolute atomic E-state index is 0.0239. The van der Waals surface area contributed by atoms with Gasteiger partial charge in [0.05, 0.1) is 11.0 Å². The first-order valence-corrected chi connectivity index (χ1v) is 8.91. The molecule has 7 heteroatoms. The molecule has 2 amide bonds. The predicted molar refractivity (Wildman–Crippen MR) is 103 cm³/mol. The summed E-state index contributed by atoms with van der Waals surface area (Å²) in [5.74, 6) is -0.401. The minimum atomic E-state index is -0.278. The molecule has 3 aromatic rings. The van der Waals surface area contributed by atoms with Gasteiger partial charge in [-0.3, -0.25) is 14.2 Å². The van der Waals surface area contributed by atoms with Crippen LogP contribution in [-0.4, -0.2) is 27.9 Å². The highest BCUT2D eigenvalue weighted by Crippen LogP contribution is 2.24. The van der Waals surface area contributed by atoms with Crippen molar-refractivity contribution in [1.82, 2.24) is 14.9 Å². The third-order valence-corrected chi connectivity index (χ3v) is 4.83. The number of hydrogen-bond donors (Lipinski definition) is 3. The van der Waals surface area contributed by atoms with Crippen molar-refractivity contribution in [3.05, 3.63) is 63.6 Å². The van der Waals surface area contributed by atoms with Gasteiger partial charge in [-0.15, -0.1) is 0 Å². The maximum Gasteiger partial charge on any atom is 0.326 e. The van der Waals surface area contributed by atoms with Crippen molar-refractivity contribution in [3.63, 3.8) is 0 Å². The Morgan fingerprint density at radius 1 is 1.19 bits per heavy atom. The Labute approximate surface area is 155 Å². The molecular weight excluding hydrogens is 344 g/mol. The van der Waals surface area contributed by atoms with Crippen molar-refractivity contribution in [1.29, 1.82) is 0 Å². The van der Waals surface area contributed by atoms with E-state index in [1.165, 1.54) is 0 Å². The lowest BCUT2D eigenvalue weighted by molar-refractivity contribution is 0.0944. The number of benzene rings is 2. The molecule has 7 nitrogen and oxygen atoms in total. The van der Waals surface area contributed by atoms with Crippen molar-refractivity contribution >= 4 is 28.5 Å². The molecule has 0 saturated heterocycles. The van der Waals surface area contributed by atoms with Gasteiger partial charge in [0.15, 0.2) is 0 Å². The van der Waals surface area contributed by atoms with Gasteiger partial charge in [0.25, 0.3) is 11.8 Å². The van der Waals surface area contributed by atoms with Gasteiger partial charge in [-0.1, -0.05) is 6.07 Å². The number of hydrogen-bond acceptors (Lipinski definition) is 3. The Bertz CT molecular complexity index is 1120. The van der Waals surface area contributed by atoms with E-state index < -0.39 is 0 Å². The smallest absolute Gasteiger partial charge is 0.326 e. The van der Waals surface area contributed by atoms with Gasteiger partial charge in [-0.25, -0.2) is 4.79 Å². The largest absolute Gasteiger partial charge is 0.352 e. The second-order valence-corrected chi connectivity index (χ2v) is 6.92. The molecule has 0 atom stereocenters. The van der Waals surface area contributed by atoms with Crippen molar-refractivity contribution in [2.75, 3.05) is 11.9 Å². The number of anilines is 1. The molecule has 1 aliphatic heterocycles. The molecule has 27 heavy (non-hydrogen) atoms. The summed E-state index contributed by atoms with van der Waals surface area (Å²) in [5, 5.41) is 5.71. The van der Waals surface area contributed by atoms with Crippen LogP contribution in [0.1, 0.15) is 46.2 Å². The second kappa shape index (κ2) is 6.42.